The fourth-order valence-electron chi connectivity index (χ4n) is 3.29. The standard InChI is InChI=1S/C16H35N3/c1-16(2,3)10-15(11-17)13-19(5)12-14-6-8-18(4)9-7-14/h14-15H,6-13,17H2,1-5H3. The van der Waals surface area contributed by atoms with Gasteiger partial charge in [-0.2, -0.15) is 0 Å². The molecule has 2 N–H and O–H groups in total. The Morgan fingerprint density at radius 3 is 2.32 bits per heavy atom. The lowest BCUT2D eigenvalue weighted by molar-refractivity contribution is 0.155. The fraction of sp³-hybridized carbons (Fsp3) is 1.00. The molecule has 114 valence electrons. The zero-order chi connectivity index (χ0) is 14.5. The van der Waals surface area contributed by atoms with E-state index < -0.39 is 0 Å². The number of hydrogen-bond donors (Lipinski definition) is 1. The summed E-state index contributed by atoms with van der Waals surface area (Å²) in [5.74, 6) is 1.52. The van der Waals surface area contributed by atoms with Crippen molar-refractivity contribution >= 4 is 0 Å². The van der Waals surface area contributed by atoms with Gasteiger partial charge in [-0.05, 0) is 70.2 Å². The molecule has 0 aliphatic carbocycles. The van der Waals surface area contributed by atoms with Crippen LogP contribution in [0.15, 0.2) is 0 Å². The maximum atomic E-state index is 5.95. The van der Waals surface area contributed by atoms with Crippen LogP contribution in [0.1, 0.15) is 40.0 Å². The van der Waals surface area contributed by atoms with Gasteiger partial charge in [0.05, 0.1) is 0 Å². The average Bonchev–Trinajstić information content (AvgIpc) is 2.29. The van der Waals surface area contributed by atoms with Crippen LogP contribution in [0.5, 0.6) is 0 Å². The molecule has 1 aliphatic rings. The second-order valence-electron chi connectivity index (χ2n) is 7.83. The van der Waals surface area contributed by atoms with Crippen LogP contribution in [0, 0.1) is 17.3 Å². The zero-order valence-corrected chi connectivity index (χ0v) is 13.8. The van der Waals surface area contributed by atoms with Crippen molar-refractivity contribution in [3.8, 4) is 0 Å². The van der Waals surface area contributed by atoms with E-state index in [2.05, 4.69) is 44.7 Å². The van der Waals surface area contributed by atoms with E-state index in [1.54, 1.807) is 0 Å². The number of piperidine rings is 1. The van der Waals surface area contributed by atoms with E-state index >= 15 is 0 Å². The maximum absolute atomic E-state index is 5.95. The molecule has 1 unspecified atom stereocenters. The van der Waals surface area contributed by atoms with Crippen LogP contribution in [0.3, 0.4) is 0 Å². The van der Waals surface area contributed by atoms with E-state index in [-0.39, 0.29) is 0 Å². The molecular weight excluding hydrogens is 234 g/mol. The van der Waals surface area contributed by atoms with Crippen molar-refractivity contribution in [3.05, 3.63) is 0 Å². The number of likely N-dealkylation sites (tertiary alicyclic amines) is 1. The van der Waals surface area contributed by atoms with E-state index in [9.17, 15) is 0 Å². The molecule has 0 aromatic carbocycles. The predicted molar refractivity (Wildman–Crippen MR) is 84.3 cm³/mol. The van der Waals surface area contributed by atoms with Gasteiger partial charge in [-0.3, -0.25) is 0 Å². The average molecular weight is 269 g/mol. The molecule has 19 heavy (non-hydrogen) atoms. The second-order valence-corrected chi connectivity index (χ2v) is 7.83. The monoisotopic (exact) mass is 269 g/mol. The van der Waals surface area contributed by atoms with Crippen molar-refractivity contribution in [2.45, 2.75) is 40.0 Å². The largest absolute Gasteiger partial charge is 0.330 e. The van der Waals surface area contributed by atoms with Crippen LogP contribution in [0.25, 0.3) is 0 Å². The highest BCUT2D eigenvalue weighted by molar-refractivity contribution is 4.76. The lowest BCUT2D eigenvalue weighted by atomic mass is 9.84. The first-order valence-corrected chi connectivity index (χ1v) is 7.87. The third-order valence-electron chi connectivity index (χ3n) is 4.21. The summed E-state index contributed by atoms with van der Waals surface area (Å²) in [5.41, 5.74) is 6.33. The summed E-state index contributed by atoms with van der Waals surface area (Å²) in [7, 11) is 4.50. The molecule has 1 atom stereocenters. The Hall–Kier alpha value is -0.120. The van der Waals surface area contributed by atoms with Gasteiger partial charge in [0.15, 0.2) is 0 Å². The van der Waals surface area contributed by atoms with Crippen LogP contribution >= 0.6 is 0 Å². The first-order chi connectivity index (χ1) is 8.80. The van der Waals surface area contributed by atoms with Crippen molar-refractivity contribution in [1.29, 1.82) is 0 Å². The topological polar surface area (TPSA) is 32.5 Å². The molecule has 0 aromatic rings. The Balaban J connectivity index is 2.30. The van der Waals surface area contributed by atoms with Crippen molar-refractivity contribution in [2.75, 3.05) is 46.8 Å². The van der Waals surface area contributed by atoms with E-state index in [1.165, 1.54) is 38.9 Å². The molecule has 0 amide bonds. The van der Waals surface area contributed by atoms with Crippen LogP contribution in [0.2, 0.25) is 0 Å². The third kappa shape index (κ3) is 7.28. The van der Waals surface area contributed by atoms with Gasteiger partial charge in [0.25, 0.3) is 0 Å². The third-order valence-corrected chi connectivity index (χ3v) is 4.21. The molecule has 3 nitrogen and oxygen atoms in total. The SMILES string of the molecule is CN1CCC(CN(C)CC(CN)CC(C)(C)C)CC1. The summed E-state index contributed by atoms with van der Waals surface area (Å²) >= 11 is 0. The first kappa shape index (κ1) is 16.9. The normalized spacial score (nSPS) is 21.0. The Kier molecular flexibility index (Phi) is 6.78. The molecule has 0 bridgehead atoms. The van der Waals surface area contributed by atoms with E-state index in [0.29, 0.717) is 11.3 Å². The minimum absolute atomic E-state index is 0.387. The summed E-state index contributed by atoms with van der Waals surface area (Å²) < 4.78 is 0. The van der Waals surface area contributed by atoms with Crippen LogP contribution in [-0.4, -0.2) is 56.6 Å². The second kappa shape index (κ2) is 7.61. The first-order valence-electron chi connectivity index (χ1n) is 7.87. The van der Waals surface area contributed by atoms with Gasteiger partial charge in [0.2, 0.25) is 0 Å². The molecular formula is C16H35N3. The number of nitrogens with two attached hydrogens (primary N) is 1. The van der Waals surface area contributed by atoms with Crippen LogP contribution in [0.4, 0.5) is 0 Å². The lowest BCUT2D eigenvalue weighted by Crippen LogP contribution is -2.39. The van der Waals surface area contributed by atoms with Crippen LogP contribution in [-0.2, 0) is 0 Å². The van der Waals surface area contributed by atoms with Gasteiger partial charge in [-0.15, -0.1) is 0 Å². The Morgan fingerprint density at radius 1 is 1.26 bits per heavy atom. The highest BCUT2D eigenvalue weighted by Gasteiger charge is 2.22. The molecule has 0 aromatic heterocycles. The summed E-state index contributed by atoms with van der Waals surface area (Å²) in [6.45, 7) is 12.7. The fourth-order valence-corrected chi connectivity index (χ4v) is 3.29. The van der Waals surface area contributed by atoms with Crippen molar-refractivity contribution in [3.63, 3.8) is 0 Å². The summed E-state index contributed by atoms with van der Waals surface area (Å²) in [6.07, 6.45) is 3.93. The highest BCUT2D eigenvalue weighted by atomic mass is 15.1. The van der Waals surface area contributed by atoms with Crippen molar-refractivity contribution < 1.29 is 0 Å². The zero-order valence-electron chi connectivity index (χ0n) is 13.8. The molecule has 1 rings (SSSR count). The summed E-state index contributed by atoms with van der Waals surface area (Å²) in [5, 5.41) is 0. The molecule has 1 saturated heterocycles. The molecule has 0 spiro atoms. The number of rotatable bonds is 6. The maximum Gasteiger partial charge on any atom is 0.00190 e. The predicted octanol–water partition coefficient (Wildman–Crippen LogP) is 2.27. The molecule has 3 heteroatoms. The quantitative estimate of drug-likeness (QED) is 0.803. The van der Waals surface area contributed by atoms with Gasteiger partial charge in [-0.25, -0.2) is 0 Å². The molecule has 0 radical (unpaired) electrons. The van der Waals surface area contributed by atoms with Gasteiger partial charge in [-0.1, -0.05) is 20.8 Å². The minimum atomic E-state index is 0.387. The highest BCUT2D eigenvalue weighted by Crippen LogP contribution is 2.25. The van der Waals surface area contributed by atoms with E-state index in [4.69, 9.17) is 5.73 Å². The van der Waals surface area contributed by atoms with Crippen LogP contribution < -0.4 is 5.73 Å². The van der Waals surface area contributed by atoms with Gasteiger partial charge < -0.3 is 15.5 Å². The smallest absolute Gasteiger partial charge is 0.00190 e. The summed E-state index contributed by atoms with van der Waals surface area (Å²) in [6, 6.07) is 0. The summed E-state index contributed by atoms with van der Waals surface area (Å²) in [4.78, 5) is 4.96. The minimum Gasteiger partial charge on any atom is -0.330 e. The number of hydrogen-bond acceptors (Lipinski definition) is 3. The molecule has 1 heterocycles. The molecule has 1 aliphatic heterocycles. The van der Waals surface area contributed by atoms with Crippen molar-refractivity contribution in [2.24, 2.45) is 23.0 Å². The van der Waals surface area contributed by atoms with E-state index in [0.717, 1.165) is 19.0 Å². The van der Waals surface area contributed by atoms with Gasteiger partial charge >= 0.3 is 0 Å². The Labute approximate surface area is 120 Å². The van der Waals surface area contributed by atoms with Crippen molar-refractivity contribution in [1.82, 2.24) is 9.80 Å². The Morgan fingerprint density at radius 2 is 1.84 bits per heavy atom. The Bertz CT molecular complexity index is 239. The van der Waals surface area contributed by atoms with Gasteiger partial charge in [0.1, 0.15) is 0 Å². The lowest BCUT2D eigenvalue weighted by Gasteiger charge is -2.34. The molecule has 0 saturated carbocycles. The van der Waals surface area contributed by atoms with E-state index in [1.807, 2.05) is 0 Å². The molecule has 1 fully saturated rings. The van der Waals surface area contributed by atoms with Gasteiger partial charge in [0, 0.05) is 13.1 Å². The number of nitrogens with zero attached hydrogens (tertiary/aromatic N) is 2.